The van der Waals surface area contributed by atoms with Crippen molar-refractivity contribution in [3.05, 3.63) is 53.1 Å². The molecule has 0 bridgehead atoms. The van der Waals surface area contributed by atoms with Crippen LogP contribution in [0.3, 0.4) is 0 Å². The Labute approximate surface area is 189 Å². The molecule has 2 aromatic carbocycles. The van der Waals surface area contributed by atoms with Crippen LogP contribution in [-0.4, -0.2) is 65.1 Å². The molecule has 2 amide bonds. The number of H-pyrrole nitrogens is 1. The van der Waals surface area contributed by atoms with E-state index in [0.717, 1.165) is 5.52 Å². The smallest absolute Gasteiger partial charge is 0.280 e. The number of benzene rings is 2. The molecular weight excluding hydrogens is 428 g/mol. The standard InChI is InChI=1S/C23H26N4O6/c1-32-20-12-18-17(11-19(20)26-7-9-33-14-21(26)30)24-23(27(18)6-3-8-28)25-22(31)16-5-2-4-15(10-16)13-29/h2,4-5,10-12,28-29H,3,6-9,13-14H2,1H3,(H,24,25,31). The average Bonchev–Trinajstić information content (AvgIpc) is 3.17. The Morgan fingerprint density at radius 3 is 2.85 bits per heavy atom. The molecule has 33 heavy (non-hydrogen) atoms. The van der Waals surface area contributed by atoms with E-state index in [-0.39, 0.29) is 25.7 Å². The summed E-state index contributed by atoms with van der Waals surface area (Å²) in [5, 5.41) is 18.7. The number of nitrogens with one attached hydrogen (secondary N) is 1. The van der Waals surface area contributed by atoms with Gasteiger partial charge in [0.1, 0.15) is 12.4 Å². The number of aromatic amines is 1. The van der Waals surface area contributed by atoms with Crippen molar-refractivity contribution in [3.63, 3.8) is 0 Å². The number of imidazole rings is 1. The molecule has 4 rings (SSSR count). The first-order chi connectivity index (χ1) is 16.0. The summed E-state index contributed by atoms with van der Waals surface area (Å²) in [5.41, 5.74) is 3.27. The van der Waals surface area contributed by atoms with Crippen molar-refractivity contribution in [2.45, 2.75) is 19.6 Å². The Morgan fingerprint density at radius 2 is 2.12 bits per heavy atom. The number of amides is 2. The number of carbonyl (C=O) groups excluding carboxylic acids is 2. The highest BCUT2D eigenvalue weighted by Crippen LogP contribution is 2.33. The maximum absolute atomic E-state index is 12.8. The van der Waals surface area contributed by atoms with Gasteiger partial charge in [0.2, 0.25) is 5.62 Å². The highest BCUT2D eigenvalue weighted by Gasteiger charge is 2.24. The van der Waals surface area contributed by atoms with Crippen molar-refractivity contribution < 1.29 is 29.3 Å². The summed E-state index contributed by atoms with van der Waals surface area (Å²) in [6, 6.07) is 10.2. The fourth-order valence-corrected chi connectivity index (χ4v) is 3.84. The number of aromatic nitrogens is 2. The summed E-state index contributed by atoms with van der Waals surface area (Å²) in [6.07, 6.45) is 0.459. The van der Waals surface area contributed by atoms with E-state index in [2.05, 4.69) is 9.98 Å². The van der Waals surface area contributed by atoms with Gasteiger partial charge in [0, 0.05) is 31.3 Å². The lowest BCUT2D eigenvalue weighted by Gasteiger charge is -2.28. The van der Waals surface area contributed by atoms with Crippen LogP contribution in [0.15, 0.2) is 41.4 Å². The minimum atomic E-state index is -0.467. The number of anilines is 1. The maximum Gasteiger partial charge on any atom is 0.280 e. The Balaban J connectivity index is 1.84. The molecule has 1 saturated heterocycles. The van der Waals surface area contributed by atoms with Crippen LogP contribution in [0.2, 0.25) is 0 Å². The molecule has 3 aromatic rings. The Hall–Kier alpha value is -3.47. The zero-order valence-corrected chi connectivity index (χ0v) is 18.3. The van der Waals surface area contributed by atoms with Crippen molar-refractivity contribution in [3.8, 4) is 5.75 Å². The van der Waals surface area contributed by atoms with E-state index in [1.165, 1.54) is 7.11 Å². The molecule has 1 aliphatic rings. The summed E-state index contributed by atoms with van der Waals surface area (Å²) < 4.78 is 12.6. The number of hydrogen-bond acceptors (Lipinski definition) is 6. The number of aryl methyl sites for hydroxylation is 1. The third-order valence-electron chi connectivity index (χ3n) is 5.47. The average molecular weight is 454 g/mol. The molecule has 0 radical (unpaired) electrons. The quantitative estimate of drug-likeness (QED) is 0.488. The summed E-state index contributed by atoms with van der Waals surface area (Å²) >= 11 is 0. The first-order valence-electron chi connectivity index (χ1n) is 10.6. The van der Waals surface area contributed by atoms with E-state index in [0.29, 0.717) is 59.8 Å². The molecule has 0 unspecified atom stereocenters. The lowest BCUT2D eigenvalue weighted by atomic mass is 10.1. The molecular formula is C23H26N4O6. The summed E-state index contributed by atoms with van der Waals surface area (Å²) in [4.78, 5) is 34.3. The first kappa shape index (κ1) is 22.7. The van der Waals surface area contributed by atoms with Crippen LogP contribution in [0.4, 0.5) is 5.69 Å². The number of aliphatic hydroxyl groups excluding tert-OH is 2. The lowest BCUT2D eigenvalue weighted by molar-refractivity contribution is -0.125. The van der Waals surface area contributed by atoms with E-state index in [4.69, 9.17) is 9.47 Å². The second kappa shape index (κ2) is 9.99. The molecule has 10 heteroatoms. The molecule has 10 nitrogen and oxygen atoms in total. The number of methoxy groups -OCH3 is 1. The van der Waals surface area contributed by atoms with Gasteiger partial charge < -0.3 is 34.1 Å². The fraction of sp³-hybridized carbons (Fsp3) is 0.348. The van der Waals surface area contributed by atoms with Crippen LogP contribution >= 0.6 is 0 Å². The molecule has 0 atom stereocenters. The lowest BCUT2D eigenvalue weighted by Crippen LogP contribution is -2.41. The predicted molar refractivity (Wildman–Crippen MR) is 120 cm³/mol. The number of fused-ring (bicyclic) bond motifs is 1. The SMILES string of the molecule is COc1cc2c(cc1N1CCOCC1=O)[nH]/c(=N\C(=O)c1cccc(CO)c1)n2CCCO. The molecule has 1 fully saturated rings. The Bertz CT molecular complexity index is 1250. The van der Waals surface area contributed by atoms with Crippen LogP contribution in [0.25, 0.3) is 11.0 Å². The first-order valence-corrected chi connectivity index (χ1v) is 10.6. The molecule has 0 aliphatic carbocycles. The van der Waals surface area contributed by atoms with Crippen LogP contribution < -0.4 is 15.3 Å². The number of ether oxygens (including phenoxy) is 2. The Kier molecular flexibility index (Phi) is 6.87. The van der Waals surface area contributed by atoms with Gasteiger partial charge in [-0.2, -0.15) is 4.99 Å². The minimum absolute atomic E-state index is 0.00437. The maximum atomic E-state index is 12.8. The zero-order valence-electron chi connectivity index (χ0n) is 18.3. The number of hydrogen-bond donors (Lipinski definition) is 3. The number of rotatable bonds is 7. The van der Waals surface area contributed by atoms with Gasteiger partial charge in [-0.3, -0.25) is 9.59 Å². The molecule has 3 N–H and O–H groups in total. The number of morpholine rings is 1. The number of nitrogens with zero attached hydrogens (tertiary/aromatic N) is 3. The van der Waals surface area contributed by atoms with Gasteiger partial charge in [0.15, 0.2) is 0 Å². The van der Waals surface area contributed by atoms with Crippen molar-refractivity contribution >= 4 is 28.5 Å². The molecule has 0 spiro atoms. The molecule has 1 aliphatic heterocycles. The van der Waals surface area contributed by atoms with Crippen molar-refractivity contribution in [2.24, 2.45) is 4.99 Å². The number of carbonyl (C=O) groups is 2. The van der Waals surface area contributed by atoms with Gasteiger partial charge >= 0.3 is 0 Å². The van der Waals surface area contributed by atoms with Gasteiger partial charge in [-0.15, -0.1) is 0 Å². The molecule has 1 aromatic heterocycles. The normalized spacial score (nSPS) is 14.8. The number of aliphatic hydroxyl groups is 2. The third-order valence-corrected chi connectivity index (χ3v) is 5.47. The second-order valence-electron chi connectivity index (χ2n) is 7.59. The minimum Gasteiger partial charge on any atom is -0.494 e. The van der Waals surface area contributed by atoms with Crippen molar-refractivity contribution in [2.75, 3.05) is 38.4 Å². The molecule has 174 valence electrons. The van der Waals surface area contributed by atoms with Gasteiger partial charge in [-0.05, 0) is 30.2 Å². The van der Waals surface area contributed by atoms with Crippen LogP contribution in [0.5, 0.6) is 5.75 Å². The topological polar surface area (TPSA) is 129 Å². The van der Waals surface area contributed by atoms with Gasteiger partial charge in [0.25, 0.3) is 11.8 Å². The van der Waals surface area contributed by atoms with E-state index in [9.17, 15) is 19.8 Å². The van der Waals surface area contributed by atoms with Crippen LogP contribution in [0.1, 0.15) is 22.3 Å². The third kappa shape index (κ3) is 4.68. The second-order valence-corrected chi connectivity index (χ2v) is 7.59. The summed E-state index contributed by atoms with van der Waals surface area (Å²) in [5.74, 6) is -0.129. The fourth-order valence-electron chi connectivity index (χ4n) is 3.84. The largest absolute Gasteiger partial charge is 0.494 e. The van der Waals surface area contributed by atoms with Crippen LogP contribution in [0, 0.1) is 0 Å². The van der Waals surface area contributed by atoms with Crippen molar-refractivity contribution in [1.82, 2.24) is 9.55 Å². The highest BCUT2D eigenvalue weighted by molar-refractivity contribution is 5.99. The molecule has 0 saturated carbocycles. The highest BCUT2D eigenvalue weighted by atomic mass is 16.5. The monoisotopic (exact) mass is 454 g/mol. The Morgan fingerprint density at radius 1 is 1.27 bits per heavy atom. The summed E-state index contributed by atoms with van der Waals surface area (Å²) in [6.45, 7) is 1.05. The van der Waals surface area contributed by atoms with E-state index >= 15 is 0 Å². The van der Waals surface area contributed by atoms with Gasteiger partial charge in [-0.1, -0.05) is 12.1 Å². The predicted octanol–water partition coefficient (Wildman–Crippen LogP) is 0.957. The van der Waals surface area contributed by atoms with Gasteiger partial charge in [-0.25, -0.2) is 0 Å². The van der Waals surface area contributed by atoms with Crippen molar-refractivity contribution in [1.29, 1.82) is 0 Å². The van der Waals surface area contributed by atoms with Gasteiger partial charge in [0.05, 0.1) is 37.0 Å². The van der Waals surface area contributed by atoms with E-state index in [1.807, 2.05) is 0 Å². The van der Waals surface area contributed by atoms with E-state index < -0.39 is 5.91 Å². The van der Waals surface area contributed by atoms with E-state index in [1.54, 1.807) is 45.9 Å². The zero-order chi connectivity index (χ0) is 23.4. The summed E-state index contributed by atoms with van der Waals surface area (Å²) in [7, 11) is 1.53. The van der Waals surface area contributed by atoms with Crippen LogP contribution in [-0.2, 0) is 22.7 Å². The molecule has 2 heterocycles.